The Morgan fingerprint density at radius 2 is 1.77 bits per heavy atom. The van der Waals surface area contributed by atoms with Gasteiger partial charge < -0.3 is 29.0 Å². The van der Waals surface area contributed by atoms with Crippen molar-refractivity contribution in [3.05, 3.63) is 65.6 Å². The fourth-order valence-electron chi connectivity index (χ4n) is 5.55. The van der Waals surface area contributed by atoms with E-state index in [1.165, 1.54) is 25.0 Å². The Labute approximate surface area is 230 Å². The molecule has 2 aliphatic rings. The van der Waals surface area contributed by atoms with E-state index in [0.29, 0.717) is 60.3 Å². The number of piperidine rings is 1. The predicted molar refractivity (Wildman–Crippen MR) is 142 cm³/mol. The maximum atomic E-state index is 13.5. The fourth-order valence-corrected chi connectivity index (χ4v) is 5.55. The zero-order valence-electron chi connectivity index (χ0n) is 22.0. The van der Waals surface area contributed by atoms with Crippen LogP contribution < -0.4 is 9.47 Å². The molecule has 0 spiro atoms. The van der Waals surface area contributed by atoms with E-state index in [1.54, 1.807) is 13.2 Å². The van der Waals surface area contributed by atoms with Crippen LogP contribution in [0.5, 0.6) is 11.5 Å². The lowest BCUT2D eigenvalue weighted by Crippen LogP contribution is -2.44. The molecule has 212 valence electrons. The molecule has 0 aliphatic carbocycles. The summed E-state index contributed by atoms with van der Waals surface area (Å²) in [5.41, 5.74) is 2.40. The first kappa shape index (κ1) is 28.8. The van der Waals surface area contributed by atoms with Crippen molar-refractivity contribution in [3.63, 3.8) is 0 Å². The highest BCUT2D eigenvalue weighted by molar-refractivity contribution is 5.89. The number of rotatable bonds is 10. The first-order valence-electron chi connectivity index (χ1n) is 13.0. The molecule has 10 nitrogen and oxygen atoms in total. The summed E-state index contributed by atoms with van der Waals surface area (Å²) in [6, 6.07) is 11.3. The van der Waals surface area contributed by atoms with Crippen molar-refractivity contribution < 1.29 is 43.0 Å². The zero-order valence-corrected chi connectivity index (χ0v) is 22.0. The molecule has 2 fully saturated rings. The minimum Gasteiger partial charge on any atom is -0.493 e. The van der Waals surface area contributed by atoms with Crippen LogP contribution in [0.1, 0.15) is 42.9 Å². The van der Waals surface area contributed by atoms with Gasteiger partial charge in [0.1, 0.15) is 18.7 Å². The molecule has 40 heavy (non-hydrogen) atoms. The van der Waals surface area contributed by atoms with Crippen molar-refractivity contribution in [2.24, 2.45) is 0 Å². The molecule has 1 aromatic heterocycles. The molecule has 0 radical (unpaired) electrons. The molecule has 11 heteroatoms. The molecule has 2 bridgehead atoms. The Bertz CT molecular complexity index is 1360. The van der Waals surface area contributed by atoms with Crippen LogP contribution in [-0.4, -0.2) is 70.8 Å². The Balaban J connectivity index is 0.000000406. The second kappa shape index (κ2) is 13.2. The van der Waals surface area contributed by atoms with Gasteiger partial charge in [-0.1, -0.05) is 11.2 Å². The Morgan fingerprint density at radius 1 is 1.07 bits per heavy atom. The molecular formula is C29H31FN2O8. The fraction of sp³-hybridized carbons (Fsp3) is 0.379. The first-order chi connectivity index (χ1) is 19.3. The molecule has 2 saturated heterocycles. The number of halogens is 1. The number of aliphatic carboxylic acids is 2. The number of aromatic nitrogens is 1. The Morgan fingerprint density at radius 3 is 2.40 bits per heavy atom. The summed E-state index contributed by atoms with van der Waals surface area (Å²) in [7, 11) is 1.61. The number of benzene rings is 2. The van der Waals surface area contributed by atoms with Gasteiger partial charge >= 0.3 is 11.9 Å². The van der Waals surface area contributed by atoms with E-state index in [4.69, 9.17) is 24.2 Å². The third kappa shape index (κ3) is 7.03. The van der Waals surface area contributed by atoms with E-state index in [2.05, 4.69) is 10.1 Å². The van der Waals surface area contributed by atoms with Gasteiger partial charge in [-0.15, -0.1) is 0 Å². The minimum absolute atomic E-state index is 0.301. The summed E-state index contributed by atoms with van der Waals surface area (Å²) in [6.45, 7) is 1.43. The molecule has 0 amide bonds. The predicted octanol–water partition coefficient (Wildman–Crippen LogP) is 4.22. The van der Waals surface area contributed by atoms with Gasteiger partial charge in [0, 0.05) is 54.6 Å². The summed E-state index contributed by atoms with van der Waals surface area (Å²) in [5.74, 6) is -1.13. The van der Waals surface area contributed by atoms with Crippen LogP contribution in [0.4, 0.5) is 4.39 Å². The zero-order chi connectivity index (χ0) is 28.6. The number of carbonyl (C=O) groups excluding carboxylic acids is 1. The summed E-state index contributed by atoms with van der Waals surface area (Å²) in [4.78, 5) is 32.4. The summed E-state index contributed by atoms with van der Waals surface area (Å²) in [5, 5.41) is 20.9. The molecule has 2 aliphatic heterocycles. The van der Waals surface area contributed by atoms with Crippen molar-refractivity contribution in [2.45, 2.75) is 50.1 Å². The van der Waals surface area contributed by atoms with Crippen LogP contribution in [0.25, 0.3) is 11.0 Å². The number of carboxylic acid groups (broad SMARTS) is 2. The van der Waals surface area contributed by atoms with E-state index in [9.17, 15) is 18.8 Å². The number of nitrogens with zero attached hydrogens (tertiary/aromatic N) is 2. The second-order valence-electron chi connectivity index (χ2n) is 9.71. The van der Waals surface area contributed by atoms with Crippen molar-refractivity contribution in [1.82, 2.24) is 10.1 Å². The number of ether oxygens (including phenoxy) is 2. The maximum absolute atomic E-state index is 13.5. The van der Waals surface area contributed by atoms with Crippen LogP contribution in [-0.2, 0) is 20.8 Å². The lowest BCUT2D eigenvalue weighted by molar-refractivity contribution is -0.134. The van der Waals surface area contributed by atoms with Gasteiger partial charge in [-0.3, -0.25) is 4.90 Å². The number of hydrogen-bond acceptors (Lipinski definition) is 8. The summed E-state index contributed by atoms with van der Waals surface area (Å²) in [6.07, 6.45) is 6.77. The number of carboxylic acids is 2. The molecule has 5 rings (SSSR count). The van der Waals surface area contributed by atoms with Crippen LogP contribution in [0.15, 0.2) is 53.1 Å². The van der Waals surface area contributed by atoms with Crippen LogP contribution >= 0.6 is 0 Å². The molecule has 2 aromatic carbocycles. The maximum Gasteiger partial charge on any atom is 0.328 e. The van der Waals surface area contributed by atoms with Gasteiger partial charge in [-0.2, -0.15) is 0 Å². The normalized spacial score (nSPS) is 20.2. The molecule has 2 atom stereocenters. The number of fused-ring (bicyclic) bond motifs is 3. The van der Waals surface area contributed by atoms with Crippen molar-refractivity contribution >= 4 is 29.2 Å². The summed E-state index contributed by atoms with van der Waals surface area (Å²) < 4.78 is 30.4. The smallest absolute Gasteiger partial charge is 0.328 e. The Hall–Kier alpha value is -4.25. The average Bonchev–Trinajstić information content (AvgIpc) is 3.44. The number of methoxy groups -OCH3 is 1. The quantitative estimate of drug-likeness (QED) is 0.277. The van der Waals surface area contributed by atoms with Gasteiger partial charge in [-0.25, -0.2) is 14.0 Å². The van der Waals surface area contributed by atoms with E-state index in [1.807, 2.05) is 18.2 Å². The largest absolute Gasteiger partial charge is 0.493 e. The lowest BCUT2D eigenvalue weighted by Gasteiger charge is -2.38. The van der Waals surface area contributed by atoms with Crippen LogP contribution in [0.2, 0.25) is 0 Å². The van der Waals surface area contributed by atoms with Crippen molar-refractivity contribution in [1.29, 1.82) is 0 Å². The van der Waals surface area contributed by atoms with Crippen molar-refractivity contribution in [3.8, 4) is 11.5 Å². The van der Waals surface area contributed by atoms with E-state index in [0.717, 1.165) is 42.3 Å². The van der Waals surface area contributed by atoms with E-state index in [-0.39, 0.29) is 5.82 Å². The van der Waals surface area contributed by atoms with E-state index < -0.39 is 11.9 Å². The van der Waals surface area contributed by atoms with Gasteiger partial charge in [-0.05, 0) is 55.5 Å². The number of carbonyl (C=O) groups is 3. The highest BCUT2D eigenvalue weighted by Gasteiger charge is 2.42. The molecule has 2 unspecified atom stereocenters. The molecule has 3 aromatic rings. The van der Waals surface area contributed by atoms with Crippen LogP contribution in [0, 0.1) is 5.82 Å². The third-order valence-corrected chi connectivity index (χ3v) is 7.26. The van der Waals surface area contributed by atoms with E-state index >= 15 is 0 Å². The van der Waals surface area contributed by atoms with Crippen LogP contribution in [0.3, 0.4) is 0 Å². The SMILES string of the molecule is COc1cc(CC=O)ccc1OCCN1C2CCC1CC(c1noc3cc(F)ccc13)C2.O=C(O)/C=C/C(=O)O. The van der Waals surface area contributed by atoms with Gasteiger partial charge in [0.25, 0.3) is 0 Å². The highest BCUT2D eigenvalue weighted by atomic mass is 19.1. The average molecular weight is 555 g/mol. The first-order valence-corrected chi connectivity index (χ1v) is 13.0. The molecule has 2 N–H and O–H groups in total. The number of aldehydes is 1. The number of hydrogen-bond donors (Lipinski definition) is 2. The van der Waals surface area contributed by atoms with Gasteiger partial charge in [0.05, 0.1) is 12.8 Å². The lowest BCUT2D eigenvalue weighted by atomic mass is 9.87. The topological polar surface area (TPSA) is 139 Å². The third-order valence-electron chi connectivity index (χ3n) is 7.26. The minimum atomic E-state index is -1.26. The molecule has 0 saturated carbocycles. The standard InChI is InChI=1S/C25H27FN2O4.C4H4O4/c1-30-24-12-16(8-10-29)2-7-22(24)31-11-9-28-19-4-5-20(28)14-17(13-19)25-21-6-3-18(26)15-23(21)32-27-25;5-3(6)1-2-4(7)8/h2-3,6-7,10,12,15,17,19-20H,4-5,8-9,11,13-14H2,1H3;1-2H,(H,5,6)(H,7,8)/b;2-1+. The molecular weight excluding hydrogens is 523 g/mol. The highest BCUT2D eigenvalue weighted by Crippen LogP contribution is 2.44. The summed E-state index contributed by atoms with van der Waals surface area (Å²) >= 11 is 0. The Kier molecular flexibility index (Phi) is 9.49. The van der Waals surface area contributed by atoms with Crippen molar-refractivity contribution in [2.75, 3.05) is 20.3 Å². The molecule has 3 heterocycles. The second-order valence-corrected chi connectivity index (χ2v) is 9.71. The van der Waals surface area contributed by atoms with Gasteiger partial charge in [0.15, 0.2) is 17.1 Å². The van der Waals surface area contributed by atoms with Gasteiger partial charge in [0.2, 0.25) is 0 Å². The monoisotopic (exact) mass is 554 g/mol.